The standard InChI is InChI=1S/C13H13NO4/c1-7-2-3-8-9(4-5-11(15)16)12(13(17)18)14-10(8)6-7/h2-3,6,14H,4-5H2,1H3,(H,15,16)(H,17,18). The smallest absolute Gasteiger partial charge is 0.352 e. The van der Waals surface area contributed by atoms with Crippen LogP contribution in [0.15, 0.2) is 18.2 Å². The fraction of sp³-hybridized carbons (Fsp3) is 0.231. The molecular weight excluding hydrogens is 234 g/mol. The minimum absolute atomic E-state index is 0.0804. The Morgan fingerprint density at radius 1 is 1.28 bits per heavy atom. The van der Waals surface area contributed by atoms with Gasteiger partial charge in [-0.3, -0.25) is 4.79 Å². The van der Waals surface area contributed by atoms with Crippen LogP contribution in [0.5, 0.6) is 0 Å². The van der Waals surface area contributed by atoms with E-state index in [9.17, 15) is 9.59 Å². The highest BCUT2D eigenvalue weighted by Crippen LogP contribution is 2.25. The van der Waals surface area contributed by atoms with Gasteiger partial charge in [0.05, 0.1) is 0 Å². The van der Waals surface area contributed by atoms with Gasteiger partial charge in [-0.05, 0) is 30.5 Å². The number of hydrogen-bond acceptors (Lipinski definition) is 2. The number of H-pyrrole nitrogens is 1. The zero-order valence-electron chi connectivity index (χ0n) is 9.86. The highest BCUT2D eigenvalue weighted by molar-refractivity contribution is 5.97. The molecule has 0 aliphatic carbocycles. The van der Waals surface area contributed by atoms with Gasteiger partial charge in [0.15, 0.2) is 0 Å². The van der Waals surface area contributed by atoms with Crippen LogP contribution in [0.1, 0.15) is 28.0 Å². The molecule has 0 bridgehead atoms. The van der Waals surface area contributed by atoms with Gasteiger partial charge in [0.25, 0.3) is 0 Å². The van der Waals surface area contributed by atoms with Gasteiger partial charge in [0.2, 0.25) is 0 Å². The molecule has 0 amide bonds. The molecule has 1 heterocycles. The summed E-state index contributed by atoms with van der Waals surface area (Å²) < 4.78 is 0. The molecule has 5 heteroatoms. The first kappa shape index (κ1) is 12.2. The van der Waals surface area contributed by atoms with Crippen molar-refractivity contribution in [1.82, 2.24) is 4.98 Å². The van der Waals surface area contributed by atoms with E-state index in [1.54, 1.807) is 0 Å². The number of aromatic nitrogens is 1. The molecule has 1 aromatic heterocycles. The Morgan fingerprint density at radius 3 is 2.61 bits per heavy atom. The van der Waals surface area contributed by atoms with Gasteiger partial charge in [-0.25, -0.2) is 4.79 Å². The second kappa shape index (κ2) is 4.52. The number of aryl methyl sites for hydroxylation is 2. The minimum Gasteiger partial charge on any atom is -0.481 e. The molecule has 0 saturated carbocycles. The summed E-state index contributed by atoms with van der Waals surface area (Å²) in [7, 11) is 0. The number of hydrogen-bond donors (Lipinski definition) is 3. The summed E-state index contributed by atoms with van der Waals surface area (Å²) in [6.07, 6.45) is 0.126. The molecule has 0 radical (unpaired) electrons. The predicted molar refractivity (Wildman–Crippen MR) is 66.0 cm³/mol. The molecule has 0 aliphatic rings. The minimum atomic E-state index is -1.07. The lowest BCUT2D eigenvalue weighted by atomic mass is 10.0. The van der Waals surface area contributed by atoms with E-state index in [0.717, 1.165) is 16.5 Å². The molecule has 0 atom stereocenters. The number of rotatable bonds is 4. The molecule has 2 rings (SSSR count). The number of carboxylic acid groups (broad SMARTS) is 2. The fourth-order valence-corrected chi connectivity index (χ4v) is 2.04. The molecule has 0 aliphatic heterocycles. The summed E-state index contributed by atoms with van der Waals surface area (Å²) in [6, 6.07) is 5.56. The van der Waals surface area contributed by atoms with Crippen LogP contribution in [-0.4, -0.2) is 27.1 Å². The number of benzene rings is 1. The first-order valence-electron chi connectivity index (χ1n) is 5.55. The normalized spacial score (nSPS) is 10.7. The van der Waals surface area contributed by atoms with Crippen LogP contribution in [0.2, 0.25) is 0 Å². The van der Waals surface area contributed by atoms with E-state index in [0.29, 0.717) is 5.56 Å². The molecule has 0 saturated heterocycles. The lowest BCUT2D eigenvalue weighted by Crippen LogP contribution is -2.04. The van der Waals surface area contributed by atoms with Gasteiger partial charge < -0.3 is 15.2 Å². The van der Waals surface area contributed by atoms with Gasteiger partial charge >= 0.3 is 11.9 Å². The summed E-state index contributed by atoms with van der Waals surface area (Å²) in [5, 5.41) is 18.6. The van der Waals surface area contributed by atoms with Crippen molar-refractivity contribution in [3.8, 4) is 0 Å². The number of aromatic amines is 1. The first-order chi connectivity index (χ1) is 8.49. The van der Waals surface area contributed by atoms with Gasteiger partial charge in [-0.2, -0.15) is 0 Å². The molecule has 2 aromatic rings. The van der Waals surface area contributed by atoms with Crippen molar-refractivity contribution in [2.75, 3.05) is 0 Å². The van der Waals surface area contributed by atoms with Crippen LogP contribution in [0, 0.1) is 6.92 Å². The first-order valence-corrected chi connectivity index (χ1v) is 5.55. The third kappa shape index (κ3) is 2.20. The lowest BCUT2D eigenvalue weighted by Gasteiger charge is -1.99. The van der Waals surface area contributed by atoms with Crippen LogP contribution in [0.4, 0.5) is 0 Å². The van der Waals surface area contributed by atoms with Gasteiger partial charge in [0.1, 0.15) is 5.69 Å². The van der Waals surface area contributed by atoms with Crippen molar-refractivity contribution < 1.29 is 19.8 Å². The van der Waals surface area contributed by atoms with Crippen molar-refractivity contribution in [3.05, 3.63) is 35.0 Å². The zero-order valence-corrected chi connectivity index (χ0v) is 9.86. The Hall–Kier alpha value is -2.30. The SMILES string of the molecule is Cc1ccc2c(CCC(=O)O)c(C(=O)O)[nH]c2c1. The highest BCUT2D eigenvalue weighted by atomic mass is 16.4. The zero-order chi connectivity index (χ0) is 13.3. The third-order valence-electron chi connectivity index (χ3n) is 2.86. The van der Waals surface area contributed by atoms with Gasteiger partial charge in [0, 0.05) is 17.3 Å². The molecule has 0 spiro atoms. The van der Waals surface area contributed by atoms with E-state index in [-0.39, 0.29) is 18.5 Å². The quantitative estimate of drug-likeness (QED) is 0.772. The number of aliphatic carboxylic acids is 1. The average Bonchev–Trinajstić information content (AvgIpc) is 2.64. The lowest BCUT2D eigenvalue weighted by molar-refractivity contribution is -0.136. The van der Waals surface area contributed by atoms with Crippen LogP contribution < -0.4 is 0 Å². The van der Waals surface area contributed by atoms with E-state index in [1.165, 1.54) is 0 Å². The van der Waals surface area contributed by atoms with Gasteiger partial charge in [-0.1, -0.05) is 12.1 Å². The Balaban J connectivity index is 2.55. The van der Waals surface area contributed by atoms with Gasteiger partial charge in [-0.15, -0.1) is 0 Å². The Bertz CT molecular complexity index is 627. The molecule has 0 unspecified atom stereocenters. The molecule has 3 N–H and O–H groups in total. The second-order valence-electron chi connectivity index (χ2n) is 4.23. The highest BCUT2D eigenvalue weighted by Gasteiger charge is 2.17. The topological polar surface area (TPSA) is 90.4 Å². The molecule has 94 valence electrons. The van der Waals surface area contributed by atoms with E-state index < -0.39 is 11.9 Å². The fourth-order valence-electron chi connectivity index (χ4n) is 2.04. The summed E-state index contributed by atoms with van der Waals surface area (Å²) in [5.41, 5.74) is 2.38. The van der Waals surface area contributed by atoms with Crippen molar-refractivity contribution in [2.24, 2.45) is 0 Å². The van der Waals surface area contributed by atoms with Crippen LogP contribution in [-0.2, 0) is 11.2 Å². The van der Waals surface area contributed by atoms with E-state index in [2.05, 4.69) is 4.98 Å². The van der Waals surface area contributed by atoms with Crippen molar-refractivity contribution >= 4 is 22.8 Å². The second-order valence-corrected chi connectivity index (χ2v) is 4.23. The van der Waals surface area contributed by atoms with E-state index >= 15 is 0 Å². The Morgan fingerprint density at radius 2 is 2.00 bits per heavy atom. The van der Waals surface area contributed by atoms with Crippen LogP contribution in [0.25, 0.3) is 10.9 Å². The number of carboxylic acids is 2. The third-order valence-corrected chi connectivity index (χ3v) is 2.86. The van der Waals surface area contributed by atoms with Crippen molar-refractivity contribution in [2.45, 2.75) is 19.8 Å². The average molecular weight is 247 g/mol. The molecule has 5 nitrogen and oxygen atoms in total. The molecule has 18 heavy (non-hydrogen) atoms. The van der Waals surface area contributed by atoms with E-state index in [1.807, 2.05) is 25.1 Å². The Kier molecular flexibility index (Phi) is 3.06. The summed E-state index contributed by atoms with van der Waals surface area (Å²) in [4.78, 5) is 24.6. The summed E-state index contributed by atoms with van der Waals surface area (Å²) in [5.74, 6) is -2.00. The number of carbonyl (C=O) groups is 2. The number of fused-ring (bicyclic) bond motifs is 1. The van der Waals surface area contributed by atoms with Crippen LogP contribution in [0.3, 0.4) is 0 Å². The van der Waals surface area contributed by atoms with Crippen LogP contribution >= 0.6 is 0 Å². The maximum Gasteiger partial charge on any atom is 0.352 e. The number of aromatic carboxylic acids is 1. The number of nitrogens with one attached hydrogen (secondary N) is 1. The van der Waals surface area contributed by atoms with Crippen molar-refractivity contribution in [3.63, 3.8) is 0 Å². The predicted octanol–water partition coefficient (Wildman–Crippen LogP) is 2.19. The monoisotopic (exact) mass is 247 g/mol. The van der Waals surface area contributed by atoms with Crippen molar-refractivity contribution in [1.29, 1.82) is 0 Å². The maximum atomic E-state index is 11.1. The maximum absolute atomic E-state index is 11.1. The van der Waals surface area contributed by atoms with E-state index in [4.69, 9.17) is 10.2 Å². The summed E-state index contributed by atoms with van der Waals surface area (Å²) in [6.45, 7) is 1.91. The molecular formula is C13H13NO4. The largest absolute Gasteiger partial charge is 0.481 e. The summed E-state index contributed by atoms with van der Waals surface area (Å²) >= 11 is 0. The molecule has 1 aromatic carbocycles. The molecule has 0 fully saturated rings. The Labute approximate surface area is 103 Å².